The number of piperidine rings is 1. The number of carbonyl (C=O) groups is 2. The standard InChI is InChI=1S/C22H24FNO4/c1-27-19-10-5-15(12-20(19)28-2)13-21(25)24-11-3-4-17(14-24)22(26)16-6-8-18(23)9-7-16/h5-10,12,17H,3-4,11,13-14H2,1-2H3. The van der Waals surface area contributed by atoms with Crippen molar-refractivity contribution < 1.29 is 23.5 Å². The summed E-state index contributed by atoms with van der Waals surface area (Å²) in [5.41, 5.74) is 1.32. The van der Waals surface area contributed by atoms with Crippen LogP contribution in [0.4, 0.5) is 4.39 Å². The second-order valence-corrected chi connectivity index (χ2v) is 6.92. The molecule has 0 N–H and O–H groups in total. The van der Waals surface area contributed by atoms with E-state index < -0.39 is 0 Å². The molecule has 1 aliphatic heterocycles. The van der Waals surface area contributed by atoms with Crippen LogP contribution in [0.15, 0.2) is 42.5 Å². The number of ether oxygens (including phenoxy) is 2. The highest BCUT2D eigenvalue weighted by Crippen LogP contribution is 2.28. The number of amides is 1. The van der Waals surface area contributed by atoms with E-state index in [1.807, 2.05) is 6.07 Å². The predicted molar refractivity (Wildman–Crippen MR) is 103 cm³/mol. The average molecular weight is 385 g/mol. The van der Waals surface area contributed by atoms with Gasteiger partial charge >= 0.3 is 0 Å². The zero-order valence-corrected chi connectivity index (χ0v) is 16.1. The summed E-state index contributed by atoms with van der Waals surface area (Å²) < 4.78 is 23.6. The third-order valence-electron chi connectivity index (χ3n) is 5.08. The Labute approximate surface area is 164 Å². The first-order chi connectivity index (χ1) is 13.5. The van der Waals surface area contributed by atoms with E-state index in [4.69, 9.17) is 9.47 Å². The van der Waals surface area contributed by atoms with Gasteiger partial charge in [0.1, 0.15) is 5.82 Å². The molecule has 1 heterocycles. The molecule has 0 aliphatic carbocycles. The van der Waals surface area contributed by atoms with Crippen molar-refractivity contribution in [2.45, 2.75) is 19.3 Å². The molecule has 5 nitrogen and oxygen atoms in total. The van der Waals surface area contributed by atoms with Gasteiger partial charge in [-0.3, -0.25) is 9.59 Å². The molecule has 28 heavy (non-hydrogen) atoms. The summed E-state index contributed by atoms with van der Waals surface area (Å²) in [5.74, 6) is 0.505. The maximum atomic E-state index is 13.1. The highest BCUT2D eigenvalue weighted by Gasteiger charge is 2.29. The number of rotatable bonds is 6. The van der Waals surface area contributed by atoms with Gasteiger partial charge in [0.15, 0.2) is 17.3 Å². The smallest absolute Gasteiger partial charge is 0.227 e. The summed E-state index contributed by atoms with van der Waals surface area (Å²) in [6, 6.07) is 11.0. The molecule has 0 radical (unpaired) electrons. The molecule has 2 aromatic rings. The maximum absolute atomic E-state index is 13.1. The monoisotopic (exact) mass is 385 g/mol. The topological polar surface area (TPSA) is 55.8 Å². The van der Waals surface area contributed by atoms with Gasteiger partial charge < -0.3 is 14.4 Å². The van der Waals surface area contributed by atoms with E-state index in [0.717, 1.165) is 18.4 Å². The fourth-order valence-corrected chi connectivity index (χ4v) is 3.54. The van der Waals surface area contributed by atoms with Crippen molar-refractivity contribution in [2.24, 2.45) is 5.92 Å². The maximum Gasteiger partial charge on any atom is 0.227 e. The third kappa shape index (κ3) is 4.50. The average Bonchev–Trinajstić information content (AvgIpc) is 2.73. The number of hydrogen-bond acceptors (Lipinski definition) is 4. The van der Waals surface area contributed by atoms with Gasteiger partial charge in [-0.2, -0.15) is 0 Å². The van der Waals surface area contributed by atoms with Crippen LogP contribution in [0.3, 0.4) is 0 Å². The first-order valence-electron chi connectivity index (χ1n) is 9.30. The van der Waals surface area contributed by atoms with Crippen molar-refractivity contribution >= 4 is 11.7 Å². The molecular formula is C22H24FNO4. The number of Topliss-reactive ketones (excluding diaryl/α,β-unsaturated/α-hetero) is 1. The third-order valence-corrected chi connectivity index (χ3v) is 5.08. The lowest BCUT2D eigenvalue weighted by atomic mass is 9.89. The highest BCUT2D eigenvalue weighted by atomic mass is 19.1. The molecule has 1 saturated heterocycles. The Hall–Kier alpha value is -2.89. The molecule has 1 fully saturated rings. The van der Waals surface area contributed by atoms with Crippen molar-refractivity contribution in [2.75, 3.05) is 27.3 Å². The fourth-order valence-electron chi connectivity index (χ4n) is 3.54. The predicted octanol–water partition coefficient (Wildman–Crippen LogP) is 3.51. The van der Waals surface area contributed by atoms with Crippen molar-refractivity contribution in [3.63, 3.8) is 0 Å². The minimum Gasteiger partial charge on any atom is -0.493 e. The van der Waals surface area contributed by atoms with Crippen molar-refractivity contribution in [1.82, 2.24) is 4.90 Å². The first-order valence-corrected chi connectivity index (χ1v) is 9.30. The largest absolute Gasteiger partial charge is 0.493 e. The number of hydrogen-bond donors (Lipinski definition) is 0. The summed E-state index contributed by atoms with van der Waals surface area (Å²) >= 11 is 0. The van der Waals surface area contributed by atoms with E-state index in [2.05, 4.69) is 0 Å². The van der Waals surface area contributed by atoms with Gasteiger partial charge in [-0.1, -0.05) is 6.07 Å². The summed E-state index contributed by atoms with van der Waals surface area (Å²) in [4.78, 5) is 27.2. The van der Waals surface area contributed by atoms with Crippen LogP contribution in [-0.4, -0.2) is 43.9 Å². The van der Waals surface area contributed by atoms with Crippen LogP contribution in [0, 0.1) is 11.7 Å². The number of methoxy groups -OCH3 is 2. The molecule has 3 rings (SSSR count). The number of nitrogens with zero attached hydrogens (tertiary/aromatic N) is 1. The molecule has 2 aromatic carbocycles. The molecule has 1 amide bonds. The van der Waals surface area contributed by atoms with E-state index >= 15 is 0 Å². The van der Waals surface area contributed by atoms with E-state index in [-0.39, 0.29) is 29.8 Å². The summed E-state index contributed by atoms with van der Waals surface area (Å²) in [5, 5.41) is 0. The van der Waals surface area contributed by atoms with Gasteiger partial charge in [0.05, 0.1) is 20.6 Å². The molecule has 1 unspecified atom stereocenters. The lowest BCUT2D eigenvalue weighted by Gasteiger charge is -2.32. The van der Waals surface area contributed by atoms with E-state index in [1.165, 1.54) is 24.3 Å². The SMILES string of the molecule is COc1ccc(CC(=O)N2CCCC(C(=O)c3ccc(F)cc3)C2)cc1OC. The van der Waals surface area contributed by atoms with Gasteiger partial charge in [-0.25, -0.2) is 4.39 Å². The van der Waals surface area contributed by atoms with Gasteiger partial charge in [-0.15, -0.1) is 0 Å². The summed E-state index contributed by atoms with van der Waals surface area (Å²) in [6.45, 7) is 1.03. The second-order valence-electron chi connectivity index (χ2n) is 6.92. The van der Waals surface area contributed by atoms with Crippen molar-refractivity contribution in [1.29, 1.82) is 0 Å². The molecule has 148 valence electrons. The van der Waals surface area contributed by atoms with E-state index in [1.54, 1.807) is 31.3 Å². The van der Waals surface area contributed by atoms with Crippen LogP contribution in [0.1, 0.15) is 28.8 Å². The molecule has 0 saturated carbocycles. The Kier molecular flexibility index (Phi) is 6.29. The quantitative estimate of drug-likeness (QED) is 0.714. The second kappa shape index (κ2) is 8.87. The van der Waals surface area contributed by atoms with Crippen LogP contribution >= 0.6 is 0 Å². The van der Waals surface area contributed by atoms with Gasteiger partial charge in [0, 0.05) is 24.6 Å². The van der Waals surface area contributed by atoms with Gasteiger partial charge in [-0.05, 0) is 54.8 Å². The summed E-state index contributed by atoms with van der Waals surface area (Å²) in [6.07, 6.45) is 1.74. The molecule has 1 aliphatic rings. The number of benzene rings is 2. The first kappa shape index (κ1) is 19.9. The fraction of sp³-hybridized carbons (Fsp3) is 0.364. The minimum absolute atomic E-state index is 0.0242. The van der Waals surface area contributed by atoms with Gasteiger partial charge in [0.25, 0.3) is 0 Å². The molecular weight excluding hydrogens is 361 g/mol. The Bertz CT molecular complexity index is 850. The van der Waals surface area contributed by atoms with Crippen molar-refractivity contribution in [3.05, 3.63) is 59.4 Å². The normalized spacial score (nSPS) is 16.5. The number of ketones is 1. The Balaban J connectivity index is 1.66. The summed E-state index contributed by atoms with van der Waals surface area (Å²) in [7, 11) is 3.12. The number of carbonyl (C=O) groups excluding carboxylic acids is 2. The van der Waals surface area contributed by atoms with Crippen LogP contribution < -0.4 is 9.47 Å². The molecule has 6 heteroatoms. The number of halogens is 1. The van der Waals surface area contributed by atoms with Crippen LogP contribution in [-0.2, 0) is 11.2 Å². The Morgan fingerprint density at radius 3 is 2.46 bits per heavy atom. The van der Waals surface area contributed by atoms with Gasteiger partial charge in [0.2, 0.25) is 5.91 Å². The van der Waals surface area contributed by atoms with E-state index in [9.17, 15) is 14.0 Å². The molecule has 0 bridgehead atoms. The molecule has 0 spiro atoms. The Morgan fingerprint density at radius 1 is 1.07 bits per heavy atom. The zero-order chi connectivity index (χ0) is 20.1. The van der Waals surface area contributed by atoms with Crippen LogP contribution in [0.5, 0.6) is 11.5 Å². The Morgan fingerprint density at radius 2 is 1.79 bits per heavy atom. The molecule has 1 atom stereocenters. The highest BCUT2D eigenvalue weighted by molar-refractivity contribution is 5.98. The van der Waals surface area contributed by atoms with Crippen LogP contribution in [0.2, 0.25) is 0 Å². The van der Waals surface area contributed by atoms with E-state index in [0.29, 0.717) is 30.2 Å². The zero-order valence-electron chi connectivity index (χ0n) is 16.1. The van der Waals surface area contributed by atoms with Crippen molar-refractivity contribution in [3.8, 4) is 11.5 Å². The minimum atomic E-state index is -0.369. The van der Waals surface area contributed by atoms with Crippen LogP contribution in [0.25, 0.3) is 0 Å². The molecule has 0 aromatic heterocycles. The lowest BCUT2D eigenvalue weighted by Crippen LogP contribution is -2.43. The lowest BCUT2D eigenvalue weighted by molar-refractivity contribution is -0.131. The number of likely N-dealkylation sites (tertiary alicyclic amines) is 1.